The number of aryl methyl sites for hydroxylation is 1. The molecule has 0 radical (unpaired) electrons. The predicted octanol–water partition coefficient (Wildman–Crippen LogP) is 2.22. The van der Waals surface area contributed by atoms with Crippen LogP contribution in [-0.2, 0) is 9.53 Å². The predicted molar refractivity (Wildman–Crippen MR) is 96.2 cm³/mol. The largest absolute Gasteiger partial charge is 0.452 e. The van der Waals surface area contributed by atoms with Gasteiger partial charge in [-0.25, -0.2) is 4.79 Å². The van der Waals surface area contributed by atoms with E-state index >= 15 is 0 Å². The molecule has 24 heavy (non-hydrogen) atoms. The van der Waals surface area contributed by atoms with E-state index in [1.54, 1.807) is 42.5 Å². The normalized spacial score (nSPS) is 9.92. The first-order valence-corrected chi connectivity index (χ1v) is 8.12. The lowest BCUT2D eigenvalue weighted by Gasteiger charge is -2.08. The smallest absolute Gasteiger partial charge is 0.338 e. The van der Waals surface area contributed by atoms with E-state index in [1.165, 1.54) is 0 Å². The molecule has 2 aromatic rings. The van der Waals surface area contributed by atoms with Crippen molar-refractivity contribution in [1.29, 1.82) is 0 Å². The van der Waals surface area contributed by atoms with Gasteiger partial charge in [0.05, 0.1) is 5.56 Å². The van der Waals surface area contributed by atoms with Crippen LogP contribution in [0.1, 0.15) is 26.3 Å². The molecule has 0 spiro atoms. The number of hydrogen-bond donors (Lipinski definition) is 2. The summed E-state index contributed by atoms with van der Waals surface area (Å²) in [6.45, 7) is 1.42. The summed E-state index contributed by atoms with van der Waals surface area (Å²) in [5.74, 6) is -1.68. The SMILES string of the molecule is Cc1ccc(C(=O)NNC(=O)COC(=O)c2cccc(I)c2)cc1. The third kappa shape index (κ3) is 5.34. The number of carbonyl (C=O) groups is 3. The van der Waals surface area contributed by atoms with E-state index in [9.17, 15) is 14.4 Å². The quantitative estimate of drug-likeness (QED) is 0.436. The van der Waals surface area contributed by atoms with Crippen molar-refractivity contribution in [1.82, 2.24) is 10.9 Å². The van der Waals surface area contributed by atoms with Crippen LogP contribution in [-0.4, -0.2) is 24.4 Å². The van der Waals surface area contributed by atoms with Crippen molar-refractivity contribution in [2.45, 2.75) is 6.92 Å². The molecule has 2 rings (SSSR count). The highest BCUT2D eigenvalue weighted by atomic mass is 127. The van der Waals surface area contributed by atoms with E-state index in [0.717, 1.165) is 9.13 Å². The Hall–Kier alpha value is -2.42. The molecular weight excluding hydrogens is 423 g/mol. The van der Waals surface area contributed by atoms with Crippen LogP contribution >= 0.6 is 22.6 Å². The summed E-state index contributed by atoms with van der Waals surface area (Å²) in [6, 6.07) is 13.7. The molecule has 0 aromatic heterocycles. The number of hydrogen-bond acceptors (Lipinski definition) is 4. The molecule has 7 heteroatoms. The van der Waals surface area contributed by atoms with E-state index in [0.29, 0.717) is 11.1 Å². The summed E-state index contributed by atoms with van der Waals surface area (Å²) in [7, 11) is 0. The molecule has 0 aliphatic carbocycles. The molecule has 0 saturated carbocycles. The van der Waals surface area contributed by atoms with E-state index in [-0.39, 0.29) is 0 Å². The van der Waals surface area contributed by atoms with E-state index in [1.807, 2.05) is 13.0 Å². The maximum absolute atomic E-state index is 11.8. The summed E-state index contributed by atoms with van der Waals surface area (Å²) in [6.07, 6.45) is 0. The Morgan fingerprint density at radius 2 is 1.71 bits per heavy atom. The zero-order valence-electron chi connectivity index (χ0n) is 12.8. The Kier molecular flexibility index (Phi) is 6.30. The van der Waals surface area contributed by atoms with Gasteiger partial charge in [0.15, 0.2) is 6.61 Å². The molecule has 0 bridgehead atoms. The second-order valence-corrected chi connectivity index (χ2v) is 6.20. The summed E-state index contributed by atoms with van der Waals surface area (Å²) < 4.78 is 5.78. The maximum atomic E-state index is 11.8. The van der Waals surface area contributed by atoms with Crippen LogP contribution in [0.3, 0.4) is 0 Å². The molecule has 2 N–H and O–H groups in total. The van der Waals surface area contributed by atoms with Gasteiger partial charge in [-0.05, 0) is 59.8 Å². The Morgan fingerprint density at radius 1 is 1.00 bits per heavy atom. The van der Waals surface area contributed by atoms with Crippen LogP contribution in [0, 0.1) is 10.5 Å². The van der Waals surface area contributed by atoms with Crippen LogP contribution < -0.4 is 10.9 Å². The lowest BCUT2D eigenvalue weighted by molar-refractivity contribution is -0.125. The van der Waals surface area contributed by atoms with Crippen LogP contribution in [0.25, 0.3) is 0 Å². The molecule has 0 atom stereocenters. The van der Waals surface area contributed by atoms with Crippen molar-refractivity contribution in [2.24, 2.45) is 0 Å². The van der Waals surface area contributed by atoms with Crippen molar-refractivity contribution in [3.8, 4) is 0 Å². The van der Waals surface area contributed by atoms with Gasteiger partial charge < -0.3 is 4.74 Å². The van der Waals surface area contributed by atoms with E-state index in [4.69, 9.17) is 4.74 Å². The summed E-state index contributed by atoms with van der Waals surface area (Å²) in [4.78, 5) is 35.3. The van der Waals surface area contributed by atoms with Crippen LogP contribution in [0.15, 0.2) is 48.5 Å². The third-order valence-corrected chi connectivity index (χ3v) is 3.69. The van der Waals surface area contributed by atoms with Crippen molar-refractivity contribution in [2.75, 3.05) is 6.61 Å². The zero-order valence-corrected chi connectivity index (χ0v) is 15.0. The summed E-state index contributed by atoms with van der Waals surface area (Å²) in [5, 5.41) is 0. The fraction of sp³-hybridized carbons (Fsp3) is 0.118. The highest BCUT2D eigenvalue weighted by Gasteiger charge is 2.11. The van der Waals surface area contributed by atoms with E-state index in [2.05, 4.69) is 33.4 Å². The molecule has 124 valence electrons. The summed E-state index contributed by atoms with van der Waals surface area (Å²) >= 11 is 2.07. The molecule has 0 fully saturated rings. The molecule has 0 saturated heterocycles. The van der Waals surface area contributed by atoms with Gasteiger partial charge in [0.2, 0.25) is 0 Å². The van der Waals surface area contributed by atoms with Crippen LogP contribution in [0.5, 0.6) is 0 Å². The average Bonchev–Trinajstić information content (AvgIpc) is 2.58. The first-order valence-electron chi connectivity index (χ1n) is 7.04. The first kappa shape index (κ1) is 17.9. The minimum absolute atomic E-state index is 0.360. The molecular formula is C17H15IN2O4. The lowest BCUT2D eigenvalue weighted by Crippen LogP contribution is -2.43. The van der Waals surface area contributed by atoms with Crippen molar-refractivity contribution >= 4 is 40.4 Å². The minimum atomic E-state index is -0.630. The third-order valence-electron chi connectivity index (χ3n) is 3.02. The van der Waals surface area contributed by atoms with Crippen molar-refractivity contribution < 1.29 is 19.1 Å². The van der Waals surface area contributed by atoms with Crippen molar-refractivity contribution in [3.63, 3.8) is 0 Å². The number of halogens is 1. The standard InChI is InChI=1S/C17H15IN2O4/c1-11-5-7-12(8-6-11)16(22)20-19-15(21)10-24-17(23)13-3-2-4-14(18)9-13/h2-9H,10H2,1H3,(H,19,21)(H,20,22). The van der Waals surface area contributed by atoms with Gasteiger partial charge in [0.1, 0.15) is 0 Å². The van der Waals surface area contributed by atoms with Crippen LogP contribution in [0.2, 0.25) is 0 Å². The van der Waals surface area contributed by atoms with Gasteiger partial charge in [-0.3, -0.25) is 20.4 Å². The Labute approximate surface area is 152 Å². The molecule has 0 aliphatic heterocycles. The fourth-order valence-corrected chi connectivity index (χ4v) is 2.31. The number of rotatable bonds is 4. The van der Waals surface area contributed by atoms with E-state index < -0.39 is 24.4 Å². The number of carbonyl (C=O) groups excluding carboxylic acids is 3. The van der Waals surface area contributed by atoms with Gasteiger partial charge in [0, 0.05) is 9.13 Å². The molecule has 6 nitrogen and oxygen atoms in total. The van der Waals surface area contributed by atoms with Gasteiger partial charge in [-0.2, -0.15) is 0 Å². The maximum Gasteiger partial charge on any atom is 0.338 e. The fourth-order valence-electron chi connectivity index (χ4n) is 1.77. The molecule has 2 aromatic carbocycles. The number of ether oxygens (including phenoxy) is 1. The van der Waals surface area contributed by atoms with Crippen molar-refractivity contribution in [3.05, 3.63) is 68.8 Å². The lowest BCUT2D eigenvalue weighted by atomic mass is 10.1. The van der Waals surface area contributed by atoms with Gasteiger partial charge in [-0.1, -0.05) is 23.8 Å². The average molecular weight is 438 g/mol. The summed E-state index contributed by atoms with van der Waals surface area (Å²) in [5.41, 5.74) is 6.26. The Balaban J connectivity index is 1.78. The number of hydrazine groups is 1. The Bertz CT molecular complexity index is 759. The monoisotopic (exact) mass is 438 g/mol. The van der Waals surface area contributed by atoms with Gasteiger partial charge >= 0.3 is 5.97 Å². The van der Waals surface area contributed by atoms with Gasteiger partial charge in [0.25, 0.3) is 11.8 Å². The zero-order chi connectivity index (χ0) is 17.5. The molecule has 2 amide bonds. The molecule has 0 unspecified atom stereocenters. The molecule has 0 aliphatic rings. The second-order valence-electron chi connectivity index (χ2n) is 4.95. The Morgan fingerprint density at radius 3 is 2.38 bits per heavy atom. The topological polar surface area (TPSA) is 84.5 Å². The highest BCUT2D eigenvalue weighted by molar-refractivity contribution is 14.1. The highest BCUT2D eigenvalue weighted by Crippen LogP contribution is 2.08. The second kappa shape index (κ2) is 8.44. The minimum Gasteiger partial charge on any atom is -0.452 e. The number of amides is 2. The number of nitrogens with one attached hydrogen (secondary N) is 2. The van der Waals surface area contributed by atoms with Gasteiger partial charge in [-0.15, -0.1) is 0 Å². The van der Waals surface area contributed by atoms with Crippen LogP contribution in [0.4, 0.5) is 0 Å². The molecule has 0 heterocycles. The number of benzene rings is 2. The first-order chi connectivity index (χ1) is 11.5. The number of esters is 1.